The van der Waals surface area contributed by atoms with Crippen LogP contribution in [0.1, 0.15) is 5.69 Å². The maximum atomic E-state index is 5.91. The normalized spacial score (nSPS) is 10.4. The lowest BCUT2D eigenvalue weighted by atomic mass is 10.2. The Bertz CT molecular complexity index is 1040. The SMILES string of the molecule is Cc1cc(Oc2cccc(Oc3cnccn3)c2)nc(-c2cccnc2)n1. The minimum absolute atomic E-state index is 0.409. The van der Waals surface area contributed by atoms with Crippen molar-refractivity contribution in [2.45, 2.75) is 6.92 Å². The average molecular weight is 357 g/mol. The van der Waals surface area contributed by atoms with E-state index in [1.807, 2.05) is 37.3 Å². The van der Waals surface area contributed by atoms with Gasteiger partial charge < -0.3 is 9.47 Å². The molecule has 0 fully saturated rings. The lowest BCUT2D eigenvalue weighted by Gasteiger charge is -2.09. The summed E-state index contributed by atoms with van der Waals surface area (Å²) in [4.78, 5) is 21.1. The van der Waals surface area contributed by atoms with Gasteiger partial charge in [0.15, 0.2) is 5.82 Å². The molecule has 0 saturated heterocycles. The Morgan fingerprint density at radius 2 is 1.56 bits per heavy atom. The number of ether oxygens (including phenoxy) is 2. The predicted molar refractivity (Wildman–Crippen MR) is 98.6 cm³/mol. The van der Waals surface area contributed by atoms with Crippen LogP contribution >= 0.6 is 0 Å². The molecule has 0 spiro atoms. The van der Waals surface area contributed by atoms with E-state index in [1.54, 1.807) is 43.1 Å². The summed E-state index contributed by atoms with van der Waals surface area (Å²) in [5.74, 6) is 2.59. The van der Waals surface area contributed by atoms with Crippen LogP contribution in [0.2, 0.25) is 0 Å². The third-order valence-corrected chi connectivity index (χ3v) is 3.54. The van der Waals surface area contributed by atoms with Gasteiger partial charge in [0.1, 0.15) is 11.5 Å². The molecule has 132 valence electrons. The minimum atomic E-state index is 0.409. The highest BCUT2D eigenvalue weighted by atomic mass is 16.5. The fraction of sp³-hybridized carbons (Fsp3) is 0.0500. The van der Waals surface area contributed by atoms with Crippen LogP contribution in [-0.2, 0) is 0 Å². The molecule has 0 aliphatic heterocycles. The number of aryl methyl sites for hydroxylation is 1. The minimum Gasteiger partial charge on any atom is -0.439 e. The van der Waals surface area contributed by atoms with Crippen LogP contribution < -0.4 is 9.47 Å². The maximum Gasteiger partial charge on any atom is 0.237 e. The average Bonchev–Trinajstić information content (AvgIpc) is 2.69. The molecule has 0 atom stereocenters. The van der Waals surface area contributed by atoms with E-state index in [4.69, 9.17) is 9.47 Å². The molecule has 0 saturated carbocycles. The van der Waals surface area contributed by atoms with Gasteiger partial charge in [0, 0.05) is 48.2 Å². The first-order valence-corrected chi connectivity index (χ1v) is 8.24. The molecule has 7 heteroatoms. The molecule has 0 N–H and O–H groups in total. The lowest BCUT2D eigenvalue weighted by Crippen LogP contribution is -1.96. The summed E-state index contributed by atoms with van der Waals surface area (Å²) in [5, 5.41) is 0. The third-order valence-electron chi connectivity index (χ3n) is 3.54. The predicted octanol–water partition coefficient (Wildman–Crippen LogP) is 4.22. The van der Waals surface area contributed by atoms with Gasteiger partial charge in [-0.2, -0.15) is 4.98 Å². The van der Waals surface area contributed by atoms with Gasteiger partial charge >= 0.3 is 0 Å². The second-order valence-electron chi connectivity index (χ2n) is 5.64. The van der Waals surface area contributed by atoms with Crippen LogP contribution in [0.5, 0.6) is 23.3 Å². The maximum absolute atomic E-state index is 5.91. The van der Waals surface area contributed by atoms with Crippen LogP contribution in [0.15, 0.2) is 73.4 Å². The summed E-state index contributed by atoms with van der Waals surface area (Å²) in [7, 11) is 0. The monoisotopic (exact) mass is 357 g/mol. The molecule has 0 unspecified atom stereocenters. The molecule has 0 aliphatic carbocycles. The zero-order valence-electron chi connectivity index (χ0n) is 14.5. The van der Waals surface area contributed by atoms with Gasteiger partial charge in [0.2, 0.25) is 11.8 Å². The Morgan fingerprint density at radius 1 is 0.741 bits per heavy atom. The third kappa shape index (κ3) is 4.21. The highest BCUT2D eigenvalue weighted by molar-refractivity contribution is 5.54. The summed E-state index contributed by atoms with van der Waals surface area (Å²) in [5.41, 5.74) is 1.62. The number of hydrogen-bond acceptors (Lipinski definition) is 7. The van der Waals surface area contributed by atoms with Gasteiger partial charge in [-0.15, -0.1) is 0 Å². The summed E-state index contributed by atoms with van der Waals surface area (Å²) in [6.45, 7) is 1.89. The number of rotatable bonds is 5. The van der Waals surface area contributed by atoms with Crippen molar-refractivity contribution in [3.63, 3.8) is 0 Å². The molecule has 0 aliphatic rings. The lowest BCUT2D eigenvalue weighted by molar-refractivity contribution is 0.440. The van der Waals surface area contributed by atoms with E-state index in [2.05, 4.69) is 24.9 Å². The van der Waals surface area contributed by atoms with Crippen molar-refractivity contribution in [1.82, 2.24) is 24.9 Å². The highest BCUT2D eigenvalue weighted by Gasteiger charge is 2.08. The Morgan fingerprint density at radius 3 is 2.30 bits per heavy atom. The van der Waals surface area contributed by atoms with Crippen LogP contribution in [0, 0.1) is 6.92 Å². The molecular formula is C20H15N5O2. The first-order chi connectivity index (χ1) is 13.3. The van der Waals surface area contributed by atoms with Crippen molar-refractivity contribution in [3.8, 4) is 34.6 Å². The molecular weight excluding hydrogens is 342 g/mol. The summed E-state index contributed by atoms with van der Waals surface area (Å²) in [6.07, 6.45) is 8.12. The quantitative estimate of drug-likeness (QED) is 0.529. The molecule has 0 bridgehead atoms. The van der Waals surface area contributed by atoms with E-state index in [9.17, 15) is 0 Å². The van der Waals surface area contributed by atoms with Gasteiger partial charge in [0.05, 0.1) is 6.20 Å². The highest BCUT2D eigenvalue weighted by Crippen LogP contribution is 2.27. The standard InChI is InChI=1S/C20H15N5O2/c1-14-10-18(25-20(24-14)15-4-3-7-21-12-15)26-16-5-2-6-17(11-16)27-19-13-22-8-9-23-19/h2-13H,1H3. The molecule has 0 amide bonds. The van der Waals surface area contributed by atoms with Gasteiger partial charge in [-0.3, -0.25) is 9.97 Å². The summed E-state index contributed by atoms with van der Waals surface area (Å²) in [6, 6.07) is 12.7. The van der Waals surface area contributed by atoms with Gasteiger partial charge in [-0.1, -0.05) is 6.07 Å². The first-order valence-electron chi connectivity index (χ1n) is 8.24. The molecule has 4 rings (SSSR count). The number of nitrogens with zero attached hydrogens (tertiary/aromatic N) is 5. The summed E-state index contributed by atoms with van der Waals surface area (Å²) < 4.78 is 11.6. The van der Waals surface area contributed by atoms with Crippen molar-refractivity contribution in [3.05, 3.63) is 79.1 Å². The van der Waals surface area contributed by atoms with Crippen molar-refractivity contribution in [1.29, 1.82) is 0 Å². The van der Waals surface area contributed by atoms with E-state index < -0.39 is 0 Å². The van der Waals surface area contributed by atoms with Crippen LogP contribution in [0.4, 0.5) is 0 Å². The molecule has 4 aromatic rings. The van der Waals surface area contributed by atoms with Crippen molar-refractivity contribution < 1.29 is 9.47 Å². The molecule has 0 radical (unpaired) electrons. The zero-order chi connectivity index (χ0) is 18.5. The second kappa shape index (κ2) is 7.57. The number of aromatic nitrogens is 5. The Balaban J connectivity index is 1.57. The fourth-order valence-electron chi connectivity index (χ4n) is 2.40. The van der Waals surface area contributed by atoms with Gasteiger partial charge in [0.25, 0.3) is 0 Å². The van der Waals surface area contributed by atoms with Gasteiger partial charge in [-0.05, 0) is 31.2 Å². The number of hydrogen-bond donors (Lipinski definition) is 0. The van der Waals surface area contributed by atoms with Crippen molar-refractivity contribution in [2.75, 3.05) is 0 Å². The van der Waals surface area contributed by atoms with Crippen LogP contribution in [-0.4, -0.2) is 24.9 Å². The first kappa shape index (κ1) is 16.6. The van der Waals surface area contributed by atoms with Gasteiger partial charge in [-0.25, -0.2) is 9.97 Å². The number of benzene rings is 1. The Hall–Kier alpha value is -3.87. The topological polar surface area (TPSA) is 82.9 Å². The molecule has 3 heterocycles. The summed E-state index contributed by atoms with van der Waals surface area (Å²) >= 11 is 0. The molecule has 3 aromatic heterocycles. The second-order valence-corrected chi connectivity index (χ2v) is 5.64. The van der Waals surface area contributed by atoms with Crippen molar-refractivity contribution in [2.24, 2.45) is 0 Å². The van der Waals surface area contributed by atoms with E-state index >= 15 is 0 Å². The smallest absolute Gasteiger partial charge is 0.237 e. The number of pyridine rings is 1. The molecule has 1 aromatic carbocycles. The van der Waals surface area contributed by atoms with E-state index in [0.29, 0.717) is 29.1 Å². The zero-order valence-corrected chi connectivity index (χ0v) is 14.5. The fourth-order valence-corrected chi connectivity index (χ4v) is 2.40. The Labute approximate surface area is 155 Å². The van der Waals surface area contributed by atoms with E-state index in [0.717, 1.165) is 11.3 Å². The largest absolute Gasteiger partial charge is 0.439 e. The van der Waals surface area contributed by atoms with E-state index in [1.165, 1.54) is 0 Å². The van der Waals surface area contributed by atoms with Crippen molar-refractivity contribution >= 4 is 0 Å². The Kier molecular flexibility index (Phi) is 4.65. The van der Waals surface area contributed by atoms with E-state index in [-0.39, 0.29) is 0 Å². The molecule has 27 heavy (non-hydrogen) atoms. The molecule has 7 nitrogen and oxygen atoms in total. The van der Waals surface area contributed by atoms with Crippen LogP contribution in [0.3, 0.4) is 0 Å². The van der Waals surface area contributed by atoms with Crippen LogP contribution in [0.25, 0.3) is 11.4 Å².